The Bertz CT molecular complexity index is 827. The minimum absolute atomic E-state index is 0. The number of piperidine rings is 1. The Morgan fingerprint density at radius 1 is 1.25 bits per heavy atom. The molecule has 0 unspecified atom stereocenters. The zero-order valence-corrected chi connectivity index (χ0v) is 13.3. The van der Waals surface area contributed by atoms with Gasteiger partial charge in [0.05, 0.1) is 5.69 Å². The highest BCUT2D eigenvalue weighted by Crippen LogP contribution is 2.31. The molecule has 1 saturated heterocycles. The van der Waals surface area contributed by atoms with Crippen molar-refractivity contribution in [3.8, 4) is 11.1 Å². The van der Waals surface area contributed by atoms with Gasteiger partial charge in [0.2, 0.25) is 0 Å². The van der Waals surface area contributed by atoms with Crippen LogP contribution in [0.4, 0.5) is 4.39 Å². The number of H-pyrrole nitrogens is 1. The van der Waals surface area contributed by atoms with Gasteiger partial charge in [-0.25, -0.2) is 4.39 Å². The number of benzene rings is 1. The van der Waals surface area contributed by atoms with Gasteiger partial charge in [-0.05, 0) is 57.0 Å². The van der Waals surface area contributed by atoms with Gasteiger partial charge in [0.25, 0.3) is 0 Å². The van der Waals surface area contributed by atoms with Gasteiger partial charge < -0.3 is 10.3 Å². The van der Waals surface area contributed by atoms with Crippen molar-refractivity contribution in [2.75, 3.05) is 13.1 Å². The number of nitrogens with zero attached hydrogens (tertiary/aromatic N) is 2. The Hall–Kier alpha value is -2.14. The lowest BCUT2D eigenvalue weighted by atomic mass is 9.98. The van der Waals surface area contributed by atoms with Gasteiger partial charge in [-0.15, -0.1) is 0 Å². The first-order valence-corrected chi connectivity index (χ1v) is 8.22. The normalized spacial score (nSPS) is 15.6. The average Bonchev–Trinajstić information content (AvgIpc) is 3.11. The molecule has 0 atom stereocenters. The highest BCUT2D eigenvalue weighted by molar-refractivity contribution is 5.95. The van der Waals surface area contributed by atoms with Crippen LogP contribution in [0.1, 0.15) is 26.0 Å². The summed E-state index contributed by atoms with van der Waals surface area (Å²) in [6, 6.07) is 4.88. The molecule has 128 valence electrons. The molecule has 0 saturated carbocycles. The molecule has 5 heteroatoms. The molecule has 2 N–H and O–H groups in total. The van der Waals surface area contributed by atoms with Crippen molar-refractivity contribution in [1.29, 1.82) is 0 Å². The highest BCUT2D eigenvalue weighted by Gasteiger charge is 2.17. The summed E-state index contributed by atoms with van der Waals surface area (Å²) in [7, 11) is 0. The fourth-order valence-corrected chi connectivity index (χ4v) is 3.53. The topological polar surface area (TPSA) is 45.6 Å². The van der Waals surface area contributed by atoms with Gasteiger partial charge >= 0.3 is 0 Å². The lowest BCUT2D eigenvalue weighted by molar-refractivity contribution is 0.321. The van der Waals surface area contributed by atoms with E-state index in [1.54, 1.807) is 0 Å². The van der Waals surface area contributed by atoms with E-state index >= 15 is 0 Å². The maximum Gasteiger partial charge on any atom is 0.125 e. The number of aryl methyl sites for hydroxylation is 1. The van der Waals surface area contributed by atoms with E-state index in [4.69, 9.17) is 5.10 Å². The Balaban J connectivity index is 0.00000169. The molecule has 24 heavy (non-hydrogen) atoms. The summed E-state index contributed by atoms with van der Waals surface area (Å²) < 4.78 is 15.4. The quantitative estimate of drug-likeness (QED) is 0.760. The molecular weight excluding hydrogens is 303 g/mol. The maximum atomic E-state index is 13.4. The first-order valence-electron chi connectivity index (χ1n) is 8.22. The largest absolute Gasteiger partial charge is 0.360 e. The Morgan fingerprint density at radius 2 is 2.04 bits per heavy atom. The van der Waals surface area contributed by atoms with E-state index in [1.165, 1.54) is 25.0 Å². The van der Waals surface area contributed by atoms with Crippen LogP contribution in [0.5, 0.6) is 0 Å². The smallest absolute Gasteiger partial charge is 0.125 e. The Morgan fingerprint density at radius 3 is 2.83 bits per heavy atom. The fraction of sp³-hybridized carbons (Fsp3) is 0.421. The minimum atomic E-state index is -0.218. The van der Waals surface area contributed by atoms with E-state index in [9.17, 15) is 4.39 Å². The van der Waals surface area contributed by atoms with Gasteiger partial charge in [0, 0.05) is 41.0 Å². The van der Waals surface area contributed by atoms with Crippen LogP contribution in [0.2, 0.25) is 0 Å². The molecule has 4 rings (SSSR count). The Kier molecular flexibility index (Phi) is 4.71. The van der Waals surface area contributed by atoms with E-state index in [0.29, 0.717) is 5.92 Å². The predicted octanol–water partition coefficient (Wildman–Crippen LogP) is 4.11. The third-order valence-electron chi connectivity index (χ3n) is 4.78. The molecule has 1 fully saturated rings. The average molecular weight is 328 g/mol. The first-order chi connectivity index (χ1) is 11.2. The number of hydrogen-bond acceptors (Lipinski definition) is 2. The fourth-order valence-electron chi connectivity index (χ4n) is 3.53. The monoisotopic (exact) mass is 328 g/mol. The summed E-state index contributed by atoms with van der Waals surface area (Å²) >= 11 is 0. The molecule has 1 aromatic carbocycles. The molecule has 0 spiro atoms. The first kappa shape index (κ1) is 16.7. The lowest BCUT2D eigenvalue weighted by Crippen LogP contribution is -2.30. The zero-order valence-electron chi connectivity index (χ0n) is 13.3. The molecule has 0 aliphatic carbocycles. The van der Waals surface area contributed by atoms with Crippen LogP contribution in [-0.2, 0) is 6.54 Å². The van der Waals surface area contributed by atoms with Gasteiger partial charge in [-0.1, -0.05) is 7.43 Å². The number of halogens is 1. The van der Waals surface area contributed by atoms with Crippen molar-refractivity contribution in [1.82, 2.24) is 20.1 Å². The van der Waals surface area contributed by atoms with E-state index in [1.807, 2.05) is 19.2 Å². The van der Waals surface area contributed by atoms with Crippen LogP contribution in [0.25, 0.3) is 22.0 Å². The number of fused-ring (bicyclic) bond motifs is 1. The van der Waals surface area contributed by atoms with E-state index in [0.717, 1.165) is 47.4 Å². The van der Waals surface area contributed by atoms with Crippen molar-refractivity contribution < 1.29 is 4.39 Å². The standard InChI is InChI=1S/C18H21FN4.CH4/c1-12-17(11-23(22-12)10-13-4-6-20-7-5-13)16-9-21-18-8-14(19)2-3-15(16)18;/h2-3,8-9,11,13,20-21H,4-7,10H2,1H3;1H4. The van der Waals surface area contributed by atoms with Crippen molar-refractivity contribution in [2.24, 2.45) is 5.92 Å². The number of rotatable bonds is 3. The number of hydrogen-bond donors (Lipinski definition) is 2. The molecule has 3 aromatic rings. The van der Waals surface area contributed by atoms with Gasteiger partial charge in [0.1, 0.15) is 5.82 Å². The van der Waals surface area contributed by atoms with Crippen LogP contribution in [0.15, 0.2) is 30.6 Å². The molecule has 1 aliphatic rings. The molecular formula is C19H25FN4. The summed E-state index contributed by atoms with van der Waals surface area (Å²) in [5, 5.41) is 9.13. The second kappa shape index (κ2) is 6.77. The summed E-state index contributed by atoms with van der Waals surface area (Å²) in [5.74, 6) is 0.477. The van der Waals surface area contributed by atoms with E-state index in [2.05, 4.69) is 21.2 Å². The third kappa shape index (κ3) is 3.08. The minimum Gasteiger partial charge on any atom is -0.360 e. The van der Waals surface area contributed by atoms with Crippen LogP contribution in [0.3, 0.4) is 0 Å². The SMILES string of the molecule is C.Cc1nn(CC2CCNCC2)cc1-c1c[nH]c2cc(F)ccc12. The summed E-state index contributed by atoms with van der Waals surface area (Å²) in [5.41, 5.74) is 4.06. The van der Waals surface area contributed by atoms with Crippen LogP contribution >= 0.6 is 0 Å². The van der Waals surface area contributed by atoms with Crippen LogP contribution < -0.4 is 5.32 Å². The molecule has 0 bridgehead atoms. The molecule has 2 aromatic heterocycles. The molecule has 0 amide bonds. The molecule has 4 nitrogen and oxygen atoms in total. The van der Waals surface area contributed by atoms with Gasteiger partial charge in [-0.3, -0.25) is 4.68 Å². The second-order valence-corrected chi connectivity index (χ2v) is 6.44. The van der Waals surface area contributed by atoms with Gasteiger partial charge in [-0.2, -0.15) is 5.10 Å². The predicted molar refractivity (Wildman–Crippen MR) is 96.5 cm³/mol. The summed E-state index contributed by atoms with van der Waals surface area (Å²) in [6.07, 6.45) is 6.49. The van der Waals surface area contributed by atoms with Crippen LogP contribution in [0, 0.1) is 18.7 Å². The number of aromatic amines is 1. The molecule has 0 radical (unpaired) electrons. The second-order valence-electron chi connectivity index (χ2n) is 6.44. The third-order valence-corrected chi connectivity index (χ3v) is 4.78. The highest BCUT2D eigenvalue weighted by atomic mass is 19.1. The van der Waals surface area contributed by atoms with Gasteiger partial charge in [0.15, 0.2) is 0 Å². The summed E-state index contributed by atoms with van der Waals surface area (Å²) in [6.45, 7) is 5.22. The molecule has 1 aliphatic heterocycles. The Labute approximate surface area is 142 Å². The maximum absolute atomic E-state index is 13.4. The van der Waals surface area contributed by atoms with Crippen molar-refractivity contribution in [3.63, 3.8) is 0 Å². The summed E-state index contributed by atoms with van der Waals surface area (Å²) in [4.78, 5) is 3.16. The van der Waals surface area contributed by atoms with E-state index in [-0.39, 0.29) is 13.2 Å². The number of aromatic nitrogens is 3. The van der Waals surface area contributed by atoms with Crippen LogP contribution in [-0.4, -0.2) is 27.9 Å². The molecule has 3 heterocycles. The zero-order chi connectivity index (χ0) is 15.8. The van der Waals surface area contributed by atoms with Crippen molar-refractivity contribution in [2.45, 2.75) is 33.7 Å². The van der Waals surface area contributed by atoms with Crippen molar-refractivity contribution in [3.05, 3.63) is 42.1 Å². The van der Waals surface area contributed by atoms with Crippen molar-refractivity contribution >= 4 is 10.9 Å². The lowest BCUT2D eigenvalue weighted by Gasteiger charge is -2.22. The number of nitrogens with one attached hydrogen (secondary N) is 2. The van der Waals surface area contributed by atoms with E-state index < -0.39 is 0 Å².